The SMILES string of the molecule is Cc1ccc2c(c1)S(=O)(=O)c1cc(C)ccc1O2. The topological polar surface area (TPSA) is 43.4 Å². The average Bonchev–Trinajstić information content (AvgIpc) is 2.32. The molecule has 2 aromatic rings. The van der Waals surface area contributed by atoms with Crippen LogP contribution in [0.15, 0.2) is 46.2 Å². The molecule has 1 aliphatic rings. The lowest BCUT2D eigenvalue weighted by Gasteiger charge is -2.20. The first-order valence-electron chi connectivity index (χ1n) is 5.63. The van der Waals surface area contributed by atoms with E-state index in [0.717, 1.165) is 11.1 Å². The monoisotopic (exact) mass is 260 g/mol. The Hall–Kier alpha value is -1.81. The Morgan fingerprint density at radius 3 is 1.72 bits per heavy atom. The summed E-state index contributed by atoms with van der Waals surface area (Å²) in [6.45, 7) is 3.73. The molecule has 0 spiro atoms. The lowest BCUT2D eigenvalue weighted by Crippen LogP contribution is -2.11. The summed E-state index contributed by atoms with van der Waals surface area (Å²) in [6, 6.07) is 10.4. The highest BCUT2D eigenvalue weighted by atomic mass is 32.2. The third-order valence-electron chi connectivity index (χ3n) is 3.00. The summed E-state index contributed by atoms with van der Waals surface area (Å²) in [5.74, 6) is 0.800. The molecule has 0 unspecified atom stereocenters. The molecule has 4 heteroatoms. The second-order valence-corrected chi connectivity index (χ2v) is 6.39. The average molecular weight is 260 g/mol. The number of hydrogen-bond acceptors (Lipinski definition) is 3. The fraction of sp³-hybridized carbons (Fsp3) is 0.143. The molecule has 1 heterocycles. The highest BCUT2D eigenvalue weighted by Gasteiger charge is 2.31. The zero-order valence-corrected chi connectivity index (χ0v) is 10.9. The number of fused-ring (bicyclic) bond motifs is 2. The van der Waals surface area contributed by atoms with E-state index in [1.54, 1.807) is 24.3 Å². The largest absolute Gasteiger partial charge is 0.455 e. The van der Waals surface area contributed by atoms with Crippen LogP contribution in [0, 0.1) is 13.8 Å². The molecule has 0 aliphatic carbocycles. The molecule has 0 N–H and O–H groups in total. The van der Waals surface area contributed by atoms with Crippen molar-refractivity contribution in [2.75, 3.05) is 0 Å². The number of sulfone groups is 1. The van der Waals surface area contributed by atoms with Gasteiger partial charge in [-0.3, -0.25) is 0 Å². The fourth-order valence-electron chi connectivity index (χ4n) is 2.06. The molecule has 0 radical (unpaired) electrons. The lowest BCUT2D eigenvalue weighted by atomic mass is 10.2. The first kappa shape index (κ1) is 11.3. The van der Waals surface area contributed by atoms with Crippen LogP contribution in [0.3, 0.4) is 0 Å². The maximum absolute atomic E-state index is 12.5. The Morgan fingerprint density at radius 2 is 1.28 bits per heavy atom. The molecule has 0 aromatic heterocycles. The predicted octanol–water partition coefficient (Wildman–Crippen LogP) is 3.24. The van der Waals surface area contributed by atoms with E-state index in [9.17, 15) is 8.42 Å². The molecule has 3 nitrogen and oxygen atoms in total. The van der Waals surface area contributed by atoms with Crippen LogP contribution in [0.2, 0.25) is 0 Å². The molecule has 0 fully saturated rings. The van der Waals surface area contributed by atoms with Crippen molar-refractivity contribution in [1.82, 2.24) is 0 Å². The molecule has 18 heavy (non-hydrogen) atoms. The molecule has 0 saturated carbocycles. The zero-order valence-electron chi connectivity index (χ0n) is 10.1. The summed E-state index contributed by atoms with van der Waals surface area (Å²) in [5.41, 5.74) is 1.80. The minimum absolute atomic E-state index is 0.251. The first-order valence-corrected chi connectivity index (χ1v) is 7.11. The van der Waals surface area contributed by atoms with Crippen molar-refractivity contribution in [3.8, 4) is 11.5 Å². The zero-order chi connectivity index (χ0) is 12.9. The summed E-state index contributed by atoms with van der Waals surface area (Å²) in [7, 11) is -3.47. The van der Waals surface area contributed by atoms with Crippen LogP contribution in [0.4, 0.5) is 0 Å². The molecular weight excluding hydrogens is 248 g/mol. The number of hydrogen-bond donors (Lipinski definition) is 0. The second kappa shape index (κ2) is 3.59. The van der Waals surface area contributed by atoms with Gasteiger partial charge >= 0.3 is 0 Å². The fourth-order valence-corrected chi connectivity index (χ4v) is 3.72. The van der Waals surface area contributed by atoms with E-state index in [1.807, 2.05) is 26.0 Å². The number of benzene rings is 2. The molecule has 1 aliphatic heterocycles. The standard InChI is InChI=1S/C14H12O3S/c1-9-3-5-11-13(7-9)18(15,16)14-8-10(2)4-6-12(14)17-11/h3-8H,1-2H3. The molecule has 0 bridgehead atoms. The van der Waals surface area contributed by atoms with Crippen LogP contribution in [0.5, 0.6) is 11.5 Å². The lowest BCUT2D eigenvalue weighted by molar-refractivity contribution is 0.442. The van der Waals surface area contributed by atoms with Crippen molar-refractivity contribution in [3.05, 3.63) is 47.5 Å². The number of rotatable bonds is 0. The second-order valence-electron chi connectivity index (χ2n) is 4.51. The van der Waals surface area contributed by atoms with Gasteiger partial charge in [0.15, 0.2) is 0 Å². The van der Waals surface area contributed by atoms with Gasteiger partial charge in [0.2, 0.25) is 9.84 Å². The van der Waals surface area contributed by atoms with Crippen molar-refractivity contribution in [2.24, 2.45) is 0 Å². The maximum Gasteiger partial charge on any atom is 0.213 e. The van der Waals surface area contributed by atoms with Gasteiger partial charge in [0, 0.05) is 0 Å². The van der Waals surface area contributed by atoms with Crippen LogP contribution < -0.4 is 4.74 Å². The molecule has 0 amide bonds. The van der Waals surface area contributed by atoms with Gasteiger partial charge in [0.1, 0.15) is 21.3 Å². The van der Waals surface area contributed by atoms with Crippen molar-refractivity contribution < 1.29 is 13.2 Å². The van der Waals surface area contributed by atoms with Crippen molar-refractivity contribution >= 4 is 9.84 Å². The highest BCUT2D eigenvalue weighted by molar-refractivity contribution is 7.91. The molecule has 0 saturated heterocycles. The Balaban J connectivity index is 2.34. The van der Waals surface area contributed by atoms with E-state index in [-0.39, 0.29) is 9.79 Å². The minimum Gasteiger partial charge on any atom is -0.455 e. The third-order valence-corrected chi connectivity index (χ3v) is 4.79. The summed E-state index contributed by atoms with van der Waals surface area (Å²) in [4.78, 5) is 0.501. The van der Waals surface area contributed by atoms with E-state index >= 15 is 0 Å². The van der Waals surface area contributed by atoms with E-state index in [1.165, 1.54) is 0 Å². The van der Waals surface area contributed by atoms with Crippen molar-refractivity contribution in [1.29, 1.82) is 0 Å². The quantitative estimate of drug-likeness (QED) is 0.623. The summed E-state index contributed by atoms with van der Waals surface area (Å²) in [5, 5.41) is 0. The number of aryl methyl sites for hydroxylation is 2. The van der Waals surface area contributed by atoms with Crippen LogP contribution in [-0.2, 0) is 9.84 Å². The van der Waals surface area contributed by atoms with Crippen LogP contribution >= 0.6 is 0 Å². The van der Waals surface area contributed by atoms with E-state index < -0.39 is 9.84 Å². The Labute approximate surface area is 106 Å². The van der Waals surface area contributed by atoms with Gasteiger partial charge in [-0.25, -0.2) is 8.42 Å². The van der Waals surface area contributed by atoms with Crippen molar-refractivity contribution in [2.45, 2.75) is 23.6 Å². The van der Waals surface area contributed by atoms with Gasteiger partial charge in [0.05, 0.1) is 0 Å². The Kier molecular flexibility index (Phi) is 2.25. The predicted molar refractivity (Wildman–Crippen MR) is 67.9 cm³/mol. The van der Waals surface area contributed by atoms with E-state index in [2.05, 4.69) is 0 Å². The maximum atomic E-state index is 12.5. The van der Waals surface area contributed by atoms with Crippen molar-refractivity contribution in [3.63, 3.8) is 0 Å². The summed E-state index contributed by atoms with van der Waals surface area (Å²) >= 11 is 0. The smallest absolute Gasteiger partial charge is 0.213 e. The molecule has 2 aromatic carbocycles. The normalized spacial score (nSPS) is 15.4. The molecule has 0 atom stereocenters. The number of ether oxygens (including phenoxy) is 1. The van der Waals surface area contributed by atoms with Crippen LogP contribution in [0.25, 0.3) is 0 Å². The van der Waals surface area contributed by atoms with Gasteiger partial charge in [-0.15, -0.1) is 0 Å². The Bertz CT molecular complexity index is 688. The molecule has 92 valence electrons. The third kappa shape index (κ3) is 1.53. The van der Waals surface area contributed by atoms with Gasteiger partial charge in [-0.2, -0.15) is 0 Å². The Morgan fingerprint density at radius 1 is 0.833 bits per heavy atom. The van der Waals surface area contributed by atoms with Gasteiger partial charge in [-0.1, -0.05) is 12.1 Å². The highest BCUT2D eigenvalue weighted by Crippen LogP contribution is 2.42. The molecule has 3 rings (SSSR count). The van der Waals surface area contributed by atoms with Gasteiger partial charge in [-0.05, 0) is 49.2 Å². The molecular formula is C14H12O3S. The van der Waals surface area contributed by atoms with Crippen LogP contribution in [-0.4, -0.2) is 8.42 Å². The summed E-state index contributed by atoms with van der Waals surface area (Å²) in [6.07, 6.45) is 0. The van der Waals surface area contributed by atoms with E-state index in [0.29, 0.717) is 11.5 Å². The van der Waals surface area contributed by atoms with Crippen LogP contribution in [0.1, 0.15) is 11.1 Å². The van der Waals surface area contributed by atoms with Gasteiger partial charge in [0.25, 0.3) is 0 Å². The van der Waals surface area contributed by atoms with Gasteiger partial charge < -0.3 is 4.74 Å². The summed E-state index contributed by atoms with van der Waals surface area (Å²) < 4.78 is 30.7. The first-order chi connectivity index (χ1) is 8.48. The minimum atomic E-state index is -3.47. The van der Waals surface area contributed by atoms with E-state index in [4.69, 9.17) is 4.74 Å².